The van der Waals surface area contributed by atoms with Crippen LogP contribution in [0.15, 0.2) is 24.3 Å². The van der Waals surface area contributed by atoms with Crippen LogP contribution in [0.4, 0.5) is 21.6 Å². The van der Waals surface area contributed by atoms with E-state index in [9.17, 15) is 4.39 Å². The highest BCUT2D eigenvalue weighted by atomic mass is 19.1. The Hall–Kier alpha value is -2.04. The zero-order valence-corrected chi connectivity index (χ0v) is 10.8. The number of hydrogen-bond acceptors (Lipinski definition) is 3. The maximum atomic E-state index is 13.9. The average Bonchev–Trinajstić information content (AvgIpc) is 2.59. The fraction of sp³-hybridized carbons (Fsp3) is 0.308. The first-order valence-corrected chi connectivity index (χ1v) is 5.87. The van der Waals surface area contributed by atoms with Crippen LogP contribution in [0.2, 0.25) is 0 Å². The molecule has 0 aliphatic heterocycles. The van der Waals surface area contributed by atoms with Crippen molar-refractivity contribution in [2.24, 2.45) is 7.05 Å². The van der Waals surface area contributed by atoms with Gasteiger partial charge in [-0.3, -0.25) is 4.68 Å². The molecule has 96 valence electrons. The first-order valence-electron chi connectivity index (χ1n) is 5.87. The zero-order valence-electron chi connectivity index (χ0n) is 10.8. The highest BCUT2D eigenvalue weighted by Crippen LogP contribution is 2.32. The van der Waals surface area contributed by atoms with Gasteiger partial charge in [-0.1, -0.05) is 12.1 Å². The van der Waals surface area contributed by atoms with Crippen molar-refractivity contribution in [1.29, 1.82) is 0 Å². The molecular weight excluding hydrogens is 231 g/mol. The monoisotopic (exact) mass is 248 g/mol. The van der Waals surface area contributed by atoms with Gasteiger partial charge in [-0.15, -0.1) is 0 Å². The Morgan fingerprint density at radius 2 is 2.06 bits per heavy atom. The van der Waals surface area contributed by atoms with Crippen molar-refractivity contribution < 1.29 is 4.39 Å². The van der Waals surface area contributed by atoms with Crippen LogP contribution in [-0.4, -0.2) is 16.3 Å². The zero-order chi connectivity index (χ0) is 13.3. The van der Waals surface area contributed by atoms with Gasteiger partial charge in [-0.2, -0.15) is 5.10 Å². The largest absolute Gasteiger partial charge is 0.394 e. The Balaban J connectivity index is 2.56. The van der Waals surface area contributed by atoms with Gasteiger partial charge in [0.25, 0.3) is 0 Å². The maximum absolute atomic E-state index is 13.9. The molecule has 2 N–H and O–H groups in total. The molecule has 1 aromatic heterocycles. The van der Waals surface area contributed by atoms with E-state index in [2.05, 4.69) is 5.10 Å². The summed E-state index contributed by atoms with van der Waals surface area (Å²) in [6.07, 6.45) is 0. The summed E-state index contributed by atoms with van der Waals surface area (Å²) in [5.74, 6) is 0.456. The summed E-state index contributed by atoms with van der Waals surface area (Å²) < 4.78 is 15.6. The Morgan fingerprint density at radius 1 is 1.39 bits per heavy atom. The van der Waals surface area contributed by atoms with E-state index in [0.29, 0.717) is 17.9 Å². The number of para-hydroxylation sites is 1. The third-order valence-electron chi connectivity index (χ3n) is 2.95. The molecule has 0 aliphatic rings. The summed E-state index contributed by atoms with van der Waals surface area (Å²) in [6.45, 7) is 4.41. The first-order chi connectivity index (χ1) is 8.56. The molecule has 2 rings (SSSR count). The Kier molecular flexibility index (Phi) is 3.23. The molecule has 2 aromatic rings. The number of anilines is 3. The minimum Gasteiger partial charge on any atom is -0.394 e. The van der Waals surface area contributed by atoms with E-state index in [1.807, 2.05) is 25.8 Å². The van der Waals surface area contributed by atoms with Crippen molar-refractivity contribution in [3.8, 4) is 0 Å². The van der Waals surface area contributed by atoms with E-state index in [-0.39, 0.29) is 5.82 Å². The third kappa shape index (κ3) is 1.92. The SMILES string of the molecule is CCN(c1ccccc1F)c1c(N)c(C)nn1C. The predicted molar refractivity (Wildman–Crippen MR) is 71.4 cm³/mol. The maximum Gasteiger partial charge on any atom is 0.154 e. The summed E-state index contributed by atoms with van der Waals surface area (Å²) >= 11 is 0. The number of rotatable bonds is 3. The van der Waals surface area contributed by atoms with E-state index >= 15 is 0 Å². The molecule has 0 fully saturated rings. The van der Waals surface area contributed by atoms with Crippen molar-refractivity contribution in [2.45, 2.75) is 13.8 Å². The summed E-state index contributed by atoms with van der Waals surface area (Å²) in [5.41, 5.74) is 7.87. The summed E-state index contributed by atoms with van der Waals surface area (Å²) in [4.78, 5) is 1.82. The second-order valence-corrected chi connectivity index (χ2v) is 4.14. The van der Waals surface area contributed by atoms with Gasteiger partial charge in [0.15, 0.2) is 5.82 Å². The smallest absolute Gasteiger partial charge is 0.154 e. The molecule has 1 aromatic carbocycles. The summed E-state index contributed by atoms with van der Waals surface area (Å²) in [6, 6.07) is 6.66. The lowest BCUT2D eigenvalue weighted by molar-refractivity contribution is 0.623. The molecule has 0 saturated carbocycles. The second kappa shape index (κ2) is 4.68. The van der Waals surface area contributed by atoms with E-state index in [1.54, 1.807) is 22.9 Å². The molecule has 0 atom stereocenters. The molecule has 0 amide bonds. The number of benzene rings is 1. The topological polar surface area (TPSA) is 47.1 Å². The van der Waals surface area contributed by atoms with E-state index in [4.69, 9.17) is 5.73 Å². The van der Waals surface area contributed by atoms with E-state index in [0.717, 1.165) is 11.5 Å². The number of aryl methyl sites for hydroxylation is 2. The normalized spacial score (nSPS) is 10.7. The van der Waals surface area contributed by atoms with Crippen LogP contribution in [0.1, 0.15) is 12.6 Å². The molecule has 0 spiro atoms. The fourth-order valence-corrected chi connectivity index (χ4v) is 2.09. The molecule has 0 unspecified atom stereocenters. The minimum atomic E-state index is -0.266. The van der Waals surface area contributed by atoms with Crippen molar-refractivity contribution >= 4 is 17.2 Å². The van der Waals surface area contributed by atoms with E-state index in [1.165, 1.54) is 6.07 Å². The van der Waals surface area contributed by atoms with Crippen LogP contribution < -0.4 is 10.6 Å². The van der Waals surface area contributed by atoms with Gasteiger partial charge in [0.2, 0.25) is 0 Å². The molecule has 1 heterocycles. The van der Waals surface area contributed by atoms with Crippen LogP contribution in [0.3, 0.4) is 0 Å². The number of nitrogen functional groups attached to an aromatic ring is 1. The predicted octanol–water partition coefficient (Wildman–Crippen LogP) is 2.61. The second-order valence-electron chi connectivity index (χ2n) is 4.14. The van der Waals surface area contributed by atoms with Crippen LogP contribution in [0, 0.1) is 12.7 Å². The number of nitrogens with two attached hydrogens (primary N) is 1. The standard InChI is InChI=1S/C13H17FN4/c1-4-18(11-8-6-5-7-10(11)14)13-12(15)9(2)16-17(13)3/h5-8H,4,15H2,1-3H3. The first kappa shape index (κ1) is 12.4. The van der Waals surface area contributed by atoms with Crippen molar-refractivity contribution in [3.05, 3.63) is 35.8 Å². The van der Waals surface area contributed by atoms with Gasteiger partial charge in [0.05, 0.1) is 17.1 Å². The quantitative estimate of drug-likeness (QED) is 0.908. The third-order valence-corrected chi connectivity index (χ3v) is 2.95. The Bertz CT molecular complexity index is 562. The number of nitrogens with zero attached hydrogens (tertiary/aromatic N) is 3. The van der Waals surface area contributed by atoms with Gasteiger partial charge >= 0.3 is 0 Å². The van der Waals surface area contributed by atoms with Gasteiger partial charge in [0.1, 0.15) is 5.82 Å². The average molecular weight is 248 g/mol. The van der Waals surface area contributed by atoms with Crippen molar-refractivity contribution in [1.82, 2.24) is 9.78 Å². The summed E-state index contributed by atoms with van der Waals surface area (Å²) in [5, 5.41) is 4.26. The number of aromatic nitrogens is 2. The lowest BCUT2D eigenvalue weighted by atomic mass is 10.2. The fourth-order valence-electron chi connectivity index (χ4n) is 2.09. The summed E-state index contributed by atoms with van der Waals surface area (Å²) in [7, 11) is 1.81. The Labute approximate surface area is 106 Å². The van der Waals surface area contributed by atoms with Crippen LogP contribution in [-0.2, 0) is 7.05 Å². The van der Waals surface area contributed by atoms with Crippen LogP contribution in [0.5, 0.6) is 0 Å². The van der Waals surface area contributed by atoms with Gasteiger partial charge in [0, 0.05) is 13.6 Å². The van der Waals surface area contributed by atoms with Gasteiger partial charge in [-0.05, 0) is 26.0 Å². The molecule has 0 radical (unpaired) electrons. The molecule has 0 bridgehead atoms. The molecule has 18 heavy (non-hydrogen) atoms. The molecule has 0 aliphatic carbocycles. The Morgan fingerprint density at radius 3 is 2.56 bits per heavy atom. The number of halogens is 1. The van der Waals surface area contributed by atoms with Crippen LogP contribution in [0.25, 0.3) is 0 Å². The molecule has 4 nitrogen and oxygen atoms in total. The van der Waals surface area contributed by atoms with Crippen molar-refractivity contribution in [2.75, 3.05) is 17.2 Å². The lowest BCUT2D eigenvalue weighted by Gasteiger charge is -2.24. The number of hydrogen-bond donors (Lipinski definition) is 1. The molecule has 5 heteroatoms. The van der Waals surface area contributed by atoms with Crippen LogP contribution >= 0.6 is 0 Å². The highest BCUT2D eigenvalue weighted by Gasteiger charge is 2.19. The molecule has 0 saturated heterocycles. The van der Waals surface area contributed by atoms with Crippen molar-refractivity contribution in [3.63, 3.8) is 0 Å². The van der Waals surface area contributed by atoms with Gasteiger partial charge < -0.3 is 10.6 Å². The lowest BCUT2D eigenvalue weighted by Crippen LogP contribution is -2.21. The highest BCUT2D eigenvalue weighted by molar-refractivity contribution is 5.73. The van der Waals surface area contributed by atoms with Gasteiger partial charge in [-0.25, -0.2) is 4.39 Å². The molecular formula is C13H17FN4. The minimum absolute atomic E-state index is 0.266. The van der Waals surface area contributed by atoms with E-state index < -0.39 is 0 Å².